The molecule has 4 nitrogen and oxygen atoms in total. The van der Waals surface area contributed by atoms with E-state index in [9.17, 15) is 0 Å². The summed E-state index contributed by atoms with van der Waals surface area (Å²) < 4.78 is 0. The van der Waals surface area contributed by atoms with Crippen molar-refractivity contribution in [2.24, 2.45) is 16.1 Å². The summed E-state index contributed by atoms with van der Waals surface area (Å²) in [5.74, 6) is 0.622. The van der Waals surface area contributed by atoms with Crippen LogP contribution in [0.1, 0.15) is 44.6 Å². The normalized spacial score (nSPS) is 22.9. The lowest BCUT2D eigenvalue weighted by atomic mass is 9.65. The zero-order chi connectivity index (χ0) is 16.8. The predicted molar refractivity (Wildman–Crippen MR) is 117 cm³/mol. The smallest absolute Gasteiger partial charge is 0.188 e. The average molecular weight is 456 g/mol. The van der Waals surface area contributed by atoms with Crippen LogP contribution in [0.25, 0.3) is 0 Å². The van der Waals surface area contributed by atoms with E-state index >= 15 is 0 Å². The highest BCUT2D eigenvalue weighted by molar-refractivity contribution is 14.0. The van der Waals surface area contributed by atoms with E-state index in [1.807, 2.05) is 0 Å². The van der Waals surface area contributed by atoms with Gasteiger partial charge in [-0.1, -0.05) is 43.7 Å². The number of nitrogens with two attached hydrogens (primary N) is 1. The van der Waals surface area contributed by atoms with Crippen molar-refractivity contribution < 1.29 is 0 Å². The number of aliphatic imine (C=N–C) groups is 1. The van der Waals surface area contributed by atoms with Gasteiger partial charge in [-0.15, -0.1) is 24.0 Å². The number of hydrogen-bond donors (Lipinski definition) is 2. The zero-order valence-corrected chi connectivity index (χ0v) is 17.7. The maximum absolute atomic E-state index is 6.14. The van der Waals surface area contributed by atoms with Crippen LogP contribution in [0.15, 0.2) is 35.3 Å². The zero-order valence-electron chi connectivity index (χ0n) is 15.4. The number of halogens is 1. The lowest BCUT2D eigenvalue weighted by Gasteiger charge is -2.41. The molecule has 25 heavy (non-hydrogen) atoms. The van der Waals surface area contributed by atoms with Crippen molar-refractivity contribution in [2.75, 3.05) is 26.2 Å². The summed E-state index contributed by atoms with van der Waals surface area (Å²) in [5, 5.41) is 3.36. The van der Waals surface area contributed by atoms with Gasteiger partial charge in [0.2, 0.25) is 0 Å². The maximum atomic E-state index is 6.14. The van der Waals surface area contributed by atoms with E-state index in [1.54, 1.807) is 0 Å². The van der Waals surface area contributed by atoms with E-state index in [4.69, 9.17) is 10.7 Å². The molecule has 140 valence electrons. The molecule has 0 aromatic heterocycles. The molecule has 0 spiro atoms. The number of rotatable bonds is 7. The number of benzene rings is 1. The largest absolute Gasteiger partial charge is 0.370 e. The highest BCUT2D eigenvalue weighted by Crippen LogP contribution is 2.43. The van der Waals surface area contributed by atoms with Gasteiger partial charge in [0.15, 0.2) is 5.96 Å². The van der Waals surface area contributed by atoms with Gasteiger partial charge in [-0.2, -0.15) is 0 Å². The molecule has 0 bridgehead atoms. The Labute approximate surface area is 169 Å². The van der Waals surface area contributed by atoms with E-state index in [2.05, 4.69) is 47.5 Å². The third-order valence-electron chi connectivity index (χ3n) is 5.85. The van der Waals surface area contributed by atoms with Gasteiger partial charge in [-0.05, 0) is 56.2 Å². The second-order valence-electron chi connectivity index (χ2n) is 7.52. The van der Waals surface area contributed by atoms with Crippen LogP contribution in [-0.4, -0.2) is 43.1 Å². The summed E-state index contributed by atoms with van der Waals surface area (Å²) in [5.41, 5.74) is 7.89. The van der Waals surface area contributed by atoms with Gasteiger partial charge in [0.25, 0.3) is 0 Å². The van der Waals surface area contributed by atoms with E-state index in [0.29, 0.717) is 17.4 Å². The standard InChI is InChI=1S/C20H32N4.HI/c1-2-24-13-6-10-18(24)15-22-19(21)23-16-20(11-7-12-20)14-17-8-4-3-5-9-17;/h3-5,8-9,18H,2,6-7,10-16H2,1H3,(H3,21,22,23);1H. The fraction of sp³-hybridized carbons (Fsp3) is 0.650. The summed E-state index contributed by atoms with van der Waals surface area (Å²) >= 11 is 0. The first-order valence-corrected chi connectivity index (χ1v) is 9.52. The number of hydrogen-bond acceptors (Lipinski definition) is 2. The van der Waals surface area contributed by atoms with Crippen LogP contribution in [0.5, 0.6) is 0 Å². The highest BCUT2D eigenvalue weighted by Gasteiger charge is 2.36. The Hall–Kier alpha value is -0.820. The fourth-order valence-corrected chi connectivity index (χ4v) is 4.17. The Morgan fingerprint density at radius 2 is 2.04 bits per heavy atom. The van der Waals surface area contributed by atoms with Gasteiger partial charge in [-0.3, -0.25) is 9.89 Å². The number of nitrogens with one attached hydrogen (secondary N) is 1. The van der Waals surface area contributed by atoms with Crippen molar-refractivity contribution in [2.45, 2.75) is 51.5 Å². The van der Waals surface area contributed by atoms with Crippen LogP contribution >= 0.6 is 24.0 Å². The summed E-state index contributed by atoms with van der Waals surface area (Å²) in [6, 6.07) is 11.4. The summed E-state index contributed by atoms with van der Waals surface area (Å²) in [7, 11) is 0. The highest BCUT2D eigenvalue weighted by atomic mass is 127. The van der Waals surface area contributed by atoms with Gasteiger partial charge in [-0.25, -0.2) is 0 Å². The van der Waals surface area contributed by atoms with Crippen LogP contribution in [0.2, 0.25) is 0 Å². The molecule has 3 rings (SSSR count). The molecule has 1 aromatic carbocycles. The van der Waals surface area contributed by atoms with Crippen LogP contribution in [0.4, 0.5) is 0 Å². The van der Waals surface area contributed by atoms with Gasteiger partial charge in [0.05, 0.1) is 0 Å². The first kappa shape index (κ1) is 20.5. The van der Waals surface area contributed by atoms with Crippen molar-refractivity contribution in [3.63, 3.8) is 0 Å². The molecule has 1 atom stereocenters. The van der Waals surface area contributed by atoms with Crippen molar-refractivity contribution in [3.05, 3.63) is 35.9 Å². The first-order chi connectivity index (χ1) is 11.7. The molecule has 3 N–H and O–H groups in total. The molecular formula is C20H33IN4. The van der Waals surface area contributed by atoms with Crippen LogP contribution in [0.3, 0.4) is 0 Å². The Morgan fingerprint density at radius 3 is 2.68 bits per heavy atom. The molecule has 2 aliphatic rings. The van der Waals surface area contributed by atoms with E-state index in [-0.39, 0.29) is 24.0 Å². The minimum absolute atomic E-state index is 0. The van der Waals surface area contributed by atoms with Crippen LogP contribution in [0, 0.1) is 5.41 Å². The Bertz CT molecular complexity index is 542. The second-order valence-corrected chi connectivity index (χ2v) is 7.52. The van der Waals surface area contributed by atoms with Crippen molar-refractivity contribution in [3.8, 4) is 0 Å². The molecule has 0 amide bonds. The van der Waals surface area contributed by atoms with Gasteiger partial charge < -0.3 is 11.1 Å². The van der Waals surface area contributed by atoms with Crippen molar-refractivity contribution >= 4 is 29.9 Å². The van der Waals surface area contributed by atoms with Gasteiger partial charge in [0.1, 0.15) is 0 Å². The number of guanidine groups is 1. The SMILES string of the molecule is CCN1CCCC1CNC(N)=NCC1(Cc2ccccc2)CCC1.I. The summed E-state index contributed by atoms with van der Waals surface area (Å²) in [6.45, 7) is 6.36. The molecule has 1 aliphatic heterocycles. The molecule has 1 aliphatic carbocycles. The van der Waals surface area contributed by atoms with Gasteiger partial charge >= 0.3 is 0 Å². The molecular weight excluding hydrogens is 423 g/mol. The van der Waals surface area contributed by atoms with E-state index in [1.165, 1.54) is 44.2 Å². The molecule has 0 radical (unpaired) electrons. The Kier molecular flexibility index (Phi) is 8.00. The third-order valence-corrected chi connectivity index (χ3v) is 5.85. The molecule has 2 fully saturated rings. The lowest BCUT2D eigenvalue weighted by Crippen LogP contribution is -2.43. The molecule has 5 heteroatoms. The number of nitrogens with zero attached hydrogens (tertiary/aromatic N) is 2. The molecule has 1 saturated heterocycles. The lowest BCUT2D eigenvalue weighted by molar-refractivity contribution is 0.145. The average Bonchev–Trinajstić information content (AvgIpc) is 3.03. The minimum atomic E-state index is 0. The fourth-order valence-electron chi connectivity index (χ4n) is 4.17. The monoisotopic (exact) mass is 456 g/mol. The molecule has 1 saturated carbocycles. The summed E-state index contributed by atoms with van der Waals surface area (Å²) in [6.07, 6.45) is 7.55. The van der Waals surface area contributed by atoms with Gasteiger partial charge in [0, 0.05) is 19.1 Å². The van der Waals surface area contributed by atoms with Crippen LogP contribution < -0.4 is 11.1 Å². The topological polar surface area (TPSA) is 53.6 Å². The van der Waals surface area contributed by atoms with Crippen molar-refractivity contribution in [1.82, 2.24) is 10.2 Å². The van der Waals surface area contributed by atoms with Crippen LogP contribution in [-0.2, 0) is 6.42 Å². The maximum Gasteiger partial charge on any atom is 0.188 e. The molecule has 1 unspecified atom stereocenters. The predicted octanol–water partition coefficient (Wildman–Crippen LogP) is 3.41. The summed E-state index contributed by atoms with van der Waals surface area (Å²) in [4.78, 5) is 7.22. The molecule has 1 aromatic rings. The first-order valence-electron chi connectivity index (χ1n) is 9.52. The van der Waals surface area contributed by atoms with Crippen molar-refractivity contribution in [1.29, 1.82) is 0 Å². The van der Waals surface area contributed by atoms with E-state index in [0.717, 1.165) is 26.1 Å². The van der Waals surface area contributed by atoms with E-state index < -0.39 is 0 Å². The quantitative estimate of drug-likeness (QED) is 0.376. The molecule has 1 heterocycles. The minimum Gasteiger partial charge on any atom is -0.370 e. The Morgan fingerprint density at radius 1 is 1.28 bits per heavy atom. The number of likely N-dealkylation sites (tertiary alicyclic amines) is 1. The Balaban J connectivity index is 0.00000225. The second kappa shape index (κ2) is 9.76. The third kappa shape index (κ3) is 5.58. The number of likely N-dealkylation sites (N-methyl/N-ethyl adjacent to an activating group) is 1.